The molecule has 2 unspecified atom stereocenters. The van der Waals surface area contributed by atoms with Crippen LogP contribution in [0.5, 0.6) is 0 Å². The molecule has 0 saturated heterocycles. The van der Waals surface area contributed by atoms with E-state index >= 15 is 0 Å². The molecule has 0 saturated carbocycles. The highest BCUT2D eigenvalue weighted by molar-refractivity contribution is 5.83. The Morgan fingerprint density at radius 2 is 1.89 bits per heavy atom. The quantitative estimate of drug-likeness (QED) is 0.733. The number of carboxylic acid groups (broad SMARTS) is 1. The summed E-state index contributed by atoms with van der Waals surface area (Å²) in [4.78, 5) is 22.4. The smallest absolute Gasteiger partial charge is 0.335 e. The molecular formula is C13H16O5. The van der Waals surface area contributed by atoms with Gasteiger partial charge in [-0.2, -0.15) is 0 Å². The van der Waals surface area contributed by atoms with Crippen molar-refractivity contribution in [3.05, 3.63) is 35.9 Å². The molecule has 1 rings (SSSR count). The van der Waals surface area contributed by atoms with Crippen molar-refractivity contribution in [3.63, 3.8) is 0 Å². The molecule has 1 aromatic rings. The number of esters is 1. The monoisotopic (exact) mass is 252 g/mol. The van der Waals surface area contributed by atoms with Crippen molar-refractivity contribution in [1.29, 1.82) is 0 Å². The Morgan fingerprint density at radius 3 is 2.39 bits per heavy atom. The zero-order valence-corrected chi connectivity index (χ0v) is 10.1. The Hall–Kier alpha value is -1.88. The second kappa shape index (κ2) is 6.76. The highest BCUT2D eigenvalue weighted by atomic mass is 16.5. The molecule has 5 nitrogen and oxygen atoms in total. The van der Waals surface area contributed by atoms with Gasteiger partial charge >= 0.3 is 11.9 Å². The number of carboxylic acids is 1. The van der Waals surface area contributed by atoms with Crippen LogP contribution in [0.1, 0.15) is 12.5 Å². The molecule has 0 heterocycles. The number of carbonyl (C=O) groups is 2. The molecule has 2 atom stereocenters. The molecule has 0 amide bonds. The third-order valence-electron chi connectivity index (χ3n) is 2.52. The molecule has 98 valence electrons. The Labute approximate surface area is 105 Å². The molecular weight excluding hydrogens is 236 g/mol. The van der Waals surface area contributed by atoms with Crippen LogP contribution in [-0.4, -0.2) is 34.9 Å². The summed E-state index contributed by atoms with van der Waals surface area (Å²) in [6.07, 6.45) is -1.57. The lowest BCUT2D eigenvalue weighted by Crippen LogP contribution is -2.37. The first-order chi connectivity index (χ1) is 8.56. The topological polar surface area (TPSA) is 83.8 Å². The van der Waals surface area contributed by atoms with E-state index < -0.39 is 24.0 Å². The average Bonchev–Trinajstić information content (AvgIpc) is 2.36. The number of ether oxygens (including phenoxy) is 1. The largest absolute Gasteiger partial charge is 0.481 e. The summed E-state index contributed by atoms with van der Waals surface area (Å²) in [6, 6.07) is 8.83. The summed E-state index contributed by atoms with van der Waals surface area (Å²) in [6.45, 7) is 1.70. The highest BCUT2D eigenvalue weighted by Crippen LogP contribution is 2.14. The van der Waals surface area contributed by atoms with Crippen LogP contribution in [0.25, 0.3) is 0 Å². The number of carbonyl (C=O) groups excluding carboxylic acids is 1. The lowest BCUT2D eigenvalue weighted by Gasteiger charge is -2.17. The van der Waals surface area contributed by atoms with E-state index in [0.29, 0.717) is 0 Å². The Kier molecular flexibility index (Phi) is 5.32. The summed E-state index contributed by atoms with van der Waals surface area (Å²) in [7, 11) is 0. The summed E-state index contributed by atoms with van der Waals surface area (Å²) >= 11 is 0. The second-order valence-electron chi connectivity index (χ2n) is 3.83. The molecule has 2 N–H and O–H groups in total. The van der Waals surface area contributed by atoms with E-state index in [2.05, 4.69) is 4.74 Å². The van der Waals surface area contributed by atoms with Crippen molar-refractivity contribution in [1.82, 2.24) is 0 Å². The van der Waals surface area contributed by atoms with Gasteiger partial charge < -0.3 is 14.9 Å². The van der Waals surface area contributed by atoms with Crippen molar-refractivity contribution >= 4 is 11.9 Å². The third kappa shape index (κ3) is 3.85. The molecule has 0 bridgehead atoms. The van der Waals surface area contributed by atoms with Gasteiger partial charge in [-0.3, -0.25) is 4.79 Å². The summed E-state index contributed by atoms with van der Waals surface area (Å²) in [5.41, 5.74) is 0.744. The van der Waals surface area contributed by atoms with Crippen molar-refractivity contribution in [2.75, 3.05) is 6.61 Å². The first-order valence-corrected chi connectivity index (χ1v) is 5.67. The van der Waals surface area contributed by atoms with Crippen LogP contribution in [0.2, 0.25) is 0 Å². The minimum atomic E-state index is -1.65. The normalized spacial score (nSPS) is 13.7. The van der Waals surface area contributed by atoms with Crippen molar-refractivity contribution in [3.8, 4) is 0 Å². The Balaban J connectivity index is 2.77. The Bertz CT molecular complexity index is 401. The fourth-order valence-electron chi connectivity index (χ4n) is 1.59. The predicted octanol–water partition coefficient (Wildman–Crippen LogP) is 0.854. The predicted molar refractivity (Wildman–Crippen MR) is 63.9 cm³/mol. The van der Waals surface area contributed by atoms with E-state index in [1.165, 1.54) is 0 Å². The van der Waals surface area contributed by atoms with Gasteiger partial charge in [0.15, 0.2) is 6.10 Å². The minimum Gasteiger partial charge on any atom is -0.481 e. The first kappa shape index (κ1) is 14.2. The van der Waals surface area contributed by atoms with Gasteiger partial charge in [0, 0.05) is 0 Å². The van der Waals surface area contributed by atoms with Crippen LogP contribution in [0.4, 0.5) is 0 Å². The van der Waals surface area contributed by atoms with Gasteiger partial charge in [-0.25, -0.2) is 4.79 Å². The van der Waals surface area contributed by atoms with Crippen molar-refractivity contribution < 1.29 is 24.5 Å². The molecule has 5 heteroatoms. The fourth-order valence-corrected chi connectivity index (χ4v) is 1.59. The number of hydrogen-bond acceptors (Lipinski definition) is 4. The molecule has 0 aromatic heterocycles. The summed E-state index contributed by atoms with van der Waals surface area (Å²) in [5.74, 6) is -3.33. The van der Waals surface area contributed by atoms with Gasteiger partial charge in [0.25, 0.3) is 0 Å². The summed E-state index contributed by atoms with van der Waals surface area (Å²) < 4.78 is 4.62. The first-order valence-electron chi connectivity index (χ1n) is 5.67. The second-order valence-corrected chi connectivity index (χ2v) is 3.83. The molecule has 0 aliphatic carbocycles. The zero-order chi connectivity index (χ0) is 13.5. The SMILES string of the molecule is CCOC(=O)C(O)C(Cc1ccccc1)C(=O)O. The van der Waals surface area contributed by atoms with E-state index in [0.717, 1.165) is 5.56 Å². The van der Waals surface area contributed by atoms with Gasteiger partial charge in [0.1, 0.15) is 0 Å². The molecule has 0 spiro atoms. The maximum atomic E-state index is 11.3. The van der Waals surface area contributed by atoms with E-state index in [4.69, 9.17) is 5.11 Å². The number of aliphatic hydroxyl groups is 1. The van der Waals surface area contributed by atoms with Crippen molar-refractivity contribution in [2.24, 2.45) is 5.92 Å². The molecule has 18 heavy (non-hydrogen) atoms. The number of benzene rings is 1. The highest BCUT2D eigenvalue weighted by Gasteiger charge is 2.33. The standard InChI is InChI=1S/C13H16O5/c1-2-18-13(17)11(14)10(12(15)16)8-9-6-4-3-5-7-9/h3-7,10-11,14H,2,8H2,1H3,(H,15,16). The van der Waals surface area contributed by atoms with E-state index in [1.54, 1.807) is 37.3 Å². The van der Waals surface area contributed by atoms with Crippen LogP contribution in [0.3, 0.4) is 0 Å². The van der Waals surface area contributed by atoms with Crippen LogP contribution in [0.15, 0.2) is 30.3 Å². The van der Waals surface area contributed by atoms with E-state index in [9.17, 15) is 14.7 Å². The maximum absolute atomic E-state index is 11.3. The number of hydrogen-bond donors (Lipinski definition) is 2. The van der Waals surface area contributed by atoms with Crippen LogP contribution in [-0.2, 0) is 20.7 Å². The van der Waals surface area contributed by atoms with E-state index in [-0.39, 0.29) is 13.0 Å². The number of aliphatic carboxylic acids is 1. The molecule has 1 aromatic carbocycles. The van der Waals surface area contributed by atoms with E-state index in [1.807, 2.05) is 0 Å². The van der Waals surface area contributed by atoms with Gasteiger partial charge in [-0.1, -0.05) is 30.3 Å². The van der Waals surface area contributed by atoms with Crippen LogP contribution in [0, 0.1) is 5.92 Å². The van der Waals surface area contributed by atoms with Crippen molar-refractivity contribution in [2.45, 2.75) is 19.4 Å². The fraction of sp³-hybridized carbons (Fsp3) is 0.385. The summed E-state index contributed by atoms with van der Waals surface area (Å²) in [5, 5.41) is 18.7. The Morgan fingerprint density at radius 1 is 1.28 bits per heavy atom. The van der Waals surface area contributed by atoms with Gasteiger partial charge in [0.05, 0.1) is 12.5 Å². The van der Waals surface area contributed by atoms with Crippen LogP contribution >= 0.6 is 0 Å². The molecule has 0 aliphatic heterocycles. The van der Waals surface area contributed by atoms with Gasteiger partial charge in [0.2, 0.25) is 0 Å². The number of rotatable bonds is 6. The molecule has 0 radical (unpaired) electrons. The third-order valence-corrected chi connectivity index (χ3v) is 2.52. The molecule has 0 fully saturated rings. The molecule has 0 aliphatic rings. The lowest BCUT2D eigenvalue weighted by molar-refractivity contribution is -0.163. The van der Waals surface area contributed by atoms with Gasteiger partial charge in [-0.15, -0.1) is 0 Å². The average molecular weight is 252 g/mol. The number of aliphatic hydroxyl groups excluding tert-OH is 1. The zero-order valence-electron chi connectivity index (χ0n) is 10.1. The maximum Gasteiger partial charge on any atom is 0.335 e. The van der Waals surface area contributed by atoms with Gasteiger partial charge in [-0.05, 0) is 18.9 Å². The lowest BCUT2D eigenvalue weighted by atomic mass is 9.94. The minimum absolute atomic E-state index is 0.0795. The van der Waals surface area contributed by atoms with Crippen LogP contribution < -0.4 is 0 Å².